The number of fused-ring (bicyclic) bond motifs is 6. The number of sulfonamides is 1. The molecule has 0 aromatic heterocycles. The molecule has 2 N–H and O–H groups in total. The highest BCUT2D eigenvalue weighted by Crippen LogP contribution is 2.42. The van der Waals surface area contributed by atoms with Crippen molar-refractivity contribution < 1.29 is 32.5 Å². The van der Waals surface area contributed by atoms with E-state index in [4.69, 9.17) is 14.2 Å². The molecule has 1 unspecified atom stereocenters. The molecule has 0 aliphatic carbocycles. The number of nitrogens with zero attached hydrogens (tertiary/aromatic N) is 1. The van der Waals surface area contributed by atoms with Gasteiger partial charge in [0.25, 0.3) is 5.91 Å². The number of ether oxygens (including phenoxy) is 3. The van der Waals surface area contributed by atoms with Gasteiger partial charge in [0, 0.05) is 13.1 Å². The zero-order chi connectivity index (χ0) is 27.6. The monoisotopic (exact) mass is 552 g/mol. The average Bonchev–Trinajstić information content (AvgIpc) is 2.92. The second-order valence-corrected chi connectivity index (χ2v) is 11.6. The third-order valence-corrected chi connectivity index (χ3v) is 8.97. The van der Waals surface area contributed by atoms with Crippen molar-refractivity contribution in [1.29, 1.82) is 0 Å². The quantitative estimate of drug-likeness (QED) is 0.493. The molecule has 1 amide bonds. The molecule has 0 radical (unpaired) electrons. The molecule has 3 aromatic carbocycles. The predicted molar refractivity (Wildman–Crippen MR) is 146 cm³/mol. The average molecular weight is 553 g/mol. The standard InChI is InChI=1S/C29H32N2O7S/c1-3-15-39(34,35)31-13-11-19-16-21-6-8-23(19)28(31)20-5-10-26(36-2)27(17-20)37-14-4-12-30-29(33)24-18-22(38-21)7-9-25(24)32/h5-10,16-18,28,32H,3-4,11-15H2,1-2H3,(H,30,33). The van der Waals surface area contributed by atoms with Gasteiger partial charge in [-0.25, -0.2) is 8.42 Å². The van der Waals surface area contributed by atoms with Crippen LogP contribution >= 0.6 is 0 Å². The Morgan fingerprint density at radius 1 is 1.10 bits per heavy atom. The summed E-state index contributed by atoms with van der Waals surface area (Å²) in [6.07, 6.45) is 1.55. The predicted octanol–water partition coefficient (Wildman–Crippen LogP) is 4.39. The second kappa shape index (κ2) is 11.2. The van der Waals surface area contributed by atoms with Gasteiger partial charge in [-0.2, -0.15) is 4.31 Å². The first-order valence-electron chi connectivity index (χ1n) is 13.0. The number of rotatable bonds is 4. The number of methoxy groups -OCH3 is 1. The molecular formula is C29H32N2O7S. The fourth-order valence-electron chi connectivity index (χ4n) is 5.09. The van der Waals surface area contributed by atoms with Crippen LogP contribution in [0.3, 0.4) is 0 Å². The lowest BCUT2D eigenvalue weighted by molar-refractivity contribution is 0.0948. The van der Waals surface area contributed by atoms with Crippen LogP contribution < -0.4 is 19.5 Å². The molecule has 1 atom stereocenters. The maximum absolute atomic E-state index is 13.4. The van der Waals surface area contributed by atoms with Gasteiger partial charge in [0.05, 0.1) is 31.1 Å². The van der Waals surface area contributed by atoms with Gasteiger partial charge < -0.3 is 24.6 Å². The van der Waals surface area contributed by atoms with E-state index in [1.54, 1.807) is 29.6 Å². The first-order chi connectivity index (χ1) is 18.8. The summed E-state index contributed by atoms with van der Waals surface area (Å²) in [4.78, 5) is 12.7. The molecule has 206 valence electrons. The van der Waals surface area contributed by atoms with Gasteiger partial charge in [-0.05, 0) is 78.4 Å². The lowest BCUT2D eigenvalue weighted by atomic mass is 9.89. The van der Waals surface area contributed by atoms with Crippen LogP contribution in [0.15, 0.2) is 54.6 Å². The Balaban J connectivity index is 1.63. The first kappa shape index (κ1) is 26.8. The van der Waals surface area contributed by atoms with E-state index in [0.29, 0.717) is 55.4 Å². The summed E-state index contributed by atoms with van der Waals surface area (Å²) in [7, 11) is -1.97. The van der Waals surface area contributed by atoms with E-state index in [1.165, 1.54) is 12.1 Å². The lowest BCUT2D eigenvalue weighted by Gasteiger charge is -2.37. The topological polar surface area (TPSA) is 114 Å². The van der Waals surface area contributed by atoms with Crippen molar-refractivity contribution in [2.45, 2.75) is 32.2 Å². The third kappa shape index (κ3) is 5.53. The van der Waals surface area contributed by atoms with Crippen LogP contribution in [0.5, 0.6) is 28.7 Å². The number of amides is 1. The Hall–Kier alpha value is -3.76. The third-order valence-electron chi connectivity index (χ3n) is 6.93. The van der Waals surface area contributed by atoms with Crippen LogP contribution in [0.25, 0.3) is 0 Å². The molecule has 10 heteroatoms. The molecule has 3 aliphatic heterocycles. The van der Waals surface area contributed by atoms with E-state index in [-0.39, 0.29) is 23.7 Å². The van der Waals surface area contributed by atoms with Crippen molar-refractivity contribution in [3.8, 4) is 28.7 Å². The zero-order valence-corrected chi connectivity index (χ0v) is 22.8. The van der Waals surface area contributed by atoms with Crippen LogP contribution in [0.4, 0.5) is 0 Å². The molecule has 3 aromatic rings. The van der Waals surface area contributed by atoms with E-state index in [1.807, 2.05) is 31.2 Å². The van der Waals surface area contributed by atoms with Crippen LogP contribution in [-0.2, 0) is 16.4 Å². The van der Waals surface area contributed by atoms with Crippen molar-refractivity contribution in [2.24, 2.45) is 0 Å². The van der Waals surface area contributed by atoms with Gasteiger partial charge in [-0.1, -0.05) is 19.1 Å². The van der Waals surface area contributed by atoms with E-state index < -0.39 is 22.0 Å². The van der Waals surface area contributed by atoms with Gasteiger partial charge in [0.2, 0.25) is 10.0 Å². The summed E-state index contributed by atoms with van der Waals surface area (Å²) >= 11 is 0. The number of carbonyl (C=O) groups excluding carboxylic acids is 1. The summed E-state index contributed by atoms with van der Waals surface area (Å²) in [6.45, 7) is 2.80. The van der Waals surface area contributed by atoms with Crippen molar-refractivity contribution in [3.05, 3.63) is 76.9 Å². The highest BCUT2D eigenvalue weighted by molar-refractivity contribution is 7.89. The van der Waals surface area contributed by atoms with E-state index in [2.05, 4.69) is 5.32 Å². The van der Waals surface area contributed by atoms with E-state index >= 15 is 0 Å². The van der Waals surface area contributed by atoms with Crippen molar-refractivity contribution in [1.82, 2.24) is 9.62 Å². The van der Waals surface area contributed by atoms with E-state index in [0.717, 1.165) is 16.7 Å². The molecule has 0 saturated heterocycles. The number of hydrogen-bond acceptors (Lipinski definition) is 7. The van der Waals surface area contributed by atoms with E-state index in [9.17, 15) is 18.3 Å². The Labute approximate surface area is 228 Å². The molecule has 6 rings (SSSR count). The Bertz CT molecular complexity index is 1490. The van der Waals surface area contributed by atoms with Gasteiger partial charge in [-0.3, -0.25) is 4.79 Å². The molecule has 0 saturated carbocycles. The second-order valence-electron chi connectivity index (χ2n) is 9.59. The summed E-state index contributed by atoms with van der Waals surface area (Å²) in [6, 6.07) is 15.1. The van der Waals surface area contributed by atoms with Gasteiger partial charge in [-0.15, -0.1) is 0 Å². The molecule has 3 heterocycles. The van der Waals surface area contributed by atoms with Crippen LogP contribution in [0, 0.1) is 0 Å². The summed E-state index contributed by atoms with van der Waals surface area (Å²) in [5.41, 5.74) is 2.73. The normalized spacial score (nSPS) is 17.8. The number of benzene rings is 3. The van der Waals surface area contributed by atoms with Crippen LogP contribution in [-0.4, -0.2) is 56.3 Å². The smallest absolute Gasteiger partial charge is 0.255 e. The Morgan fingerprint density at radius 3 is 2.69 bits per heavy atom. The molecular weight excluding hydrogens is 520 g/mol. The van der Waals surface area contributed by atoms with Crippen molar-refractivity contribution >= 4 is 15.9 Å². The summed E-state index contributed by atoms with van der Waals surface area (Å²) in [5.74, 6) is 1.48. The molecule has 3 aliphatic rings. The summed E-state index contributed by atoms with van der Waals surface area (Å²) in [5, 5.41) is 13.1. The minimum atomic E-state index is -3.52. The fraction of sp³-hybridized carbons (Fsp3) is 0.345. The number of nitrogens with one attached hydrogen (secondary N) is 1. The SMILES string of the molecule is CCCS(=O)(=O)N1CCc2cc3ccc2C1c1ccc(OC)c(c1)OCCCNC(=O)c1cc(ccc1O)O3. The van der Waals surface area contributed by atoms with Gasteiger partial charge >= 0.3 is 0 Å². The van der Waals surface area contributed by atoms with Crippen molar-refractivity contribution in [2.75, 3.05) is 32.6 Å². The molecule has 0 spiro atoms. The maximum Gasteiger partial charge on any atom is 0.255 e. The van der Waals surface area contributed by atoms with Gasteiger partial charge in [0.15, 0.2) is 11.5 Å². The number of hydrogen-bond donors (Lipinski definition) is 2. The zero-order valence-electron chi connectivity index (χ0n) is 22.0. The fourth-order valence-corrected chi connectivity index (χ4v) is 6.77. The van der Waals surface area contributed by atoms with Crippen LogP contribution in [0.2, 0.25) is 0 Å². The molecule has 8 bridgehead atoms. The molecule has 39 heavy (non-hydrogen) atoms. The number of phenolic OH excluding ortho intramolecular Hbond substituents is 1. The Morgan fingerprint density at radius 2 is 1.90 bits per heavy atom. The summed E-state index contributed by atoms with van der Waals surface area (Å²) < 4.78 is 46.0. The molecule has 9 nitrogen and oxygen atoms in total. The number of carbonyl (C=O) groups is 1. The number of phenols is 1. The maximum atomic E-state index is 13.4. The largest absolute Gasteiger partial charge is 0.507 e. The van der Waals surface area contributed by atoms with Crippen molar-refractivity contribution in [3.63, 3.8) is 0 Å². The minimum absolute atomic E-state index is 0.0639. The highest BCUT2D eigenvalue weighted by Gasteiger charge is 2.36. The minimum Gasteiger partial charge on any atom is -0.507 e. The lowest BCUT2D eigenvalue weighted by Crippen LogP contribution is -2.41. The highest BCUT2D eigenvalue weighted by atomic mass is 32.2. The van der Waals surface area contributed by atoms with Crippen LogP contribution in [0.1, 0.15) is 52.9 Å². The molecule has 0 fully saturated rings. The number of aromatic hydroxyl groups is 1. The van der Waals surface area contributed by atoms with Gasteiger partial charge in [0.1, 0.15) is 17.2 Å². The first-order valence-corrected chi connectivity index (χ1v) is 14.6. The Kier molecular flexibility index (Phi) is 7.67.